The van der Waals surface area contributed by atoms with Crippen molar-refractivity contribution < 1.29 is 22.8 Å². The lowest BCUT2D eigenvalue weighted by atomic mass is 9.88. The largest absolute Gasteiger partial charge is 0.416 e. The summed E-state index contributed by atoms with van der Waals surface area (Å²) >= 11 is 0. The van der Waals surface area contributed by atoms with Crippen molar-refractivity contribution in [3.63, 3.8) is 0 Å². The van der Waals surface area contributed by atoms with Gasteiger partial charge in [0.25, 0.3) is 11.8 Å². The Bertz CT molecular complexity index is 1250. The van der Waals surface area contributed by atoms with Crippen LogP contribution in [0, 0.1) is 6.92 Å². The van der Waals surface area contributed by atoms with E-state index in [2.05, 4.69) is 10.6 Å². The minimum atomic E-state index is -4.35. The van der Waals surface area contributed by atoms with Gasteiger partial charge in [-0.3, -0.25) is 9.59 Å². The lowest BCUT2D eigenvalue weighted by Gasteiger charge is -2.32. The number of rotatable bonds is 6. The molecule has 2 N–H and O–H groups in total. The first-order valence-electron chi connectivity index (χ1n) is 12.3. The van der Waals surface area contributed by atoms with Crippen molar-refractivity contribution in [2.45, 2.75) is 38.4 Å². The van der Waals surface area contributed by atoms with Crippen LogP contribution in [0.2, 0.25) is 0 Å². The van der Waals surface area contributed by atoms with Crippen molar-refractivity contribution in [1.82, 2.24) is 10.2 Å². The van der Waals surface area contributed by atoms with Crippen LogP contribution in [0.3, 0.4) is 0 Å². The van der Waals surface area contributed by atoms with Gasteiger partial charge in [0.1, 0.15) is 0 Å². The van der Waals surface area contributed by atoms with E-state index in [1.165, 1.54) is 12.1 Å². The maximum Gasteiger partial charge on any atom is 0.416 e. The summed E-state index contributed by atoms with van der Waals surface area (Å²) in [6.07, 6.45) is -3.00. The first-order chi connectivity index (χ1) is 17.7. The molecule has 1 aliphatic heterocycles. The molecule has 5 nitrogen and oxygen atoms in total. The highest BCUT2D eigenvalue weighted by Crippen LogP contribution is 2.33. The summed E-state index contributed by atoms with van der Waals surface area (Å²) in [5.74, 6) is -0.266. The van der Waals surface area contributed by atoms with Gasteiger partial charge < -0.3 is 15.5 Å². The number of hydrogen-bond donors (Lipinski definition) is 2. The Hall–Kier alpha value is -3.65. The summed E-state index contributed by atoms with van der Waals surface area (Å²) in [6, 6.07) is 17.9. The van der Waals surface area contributed by atoms with Crippen LogP contribution in [0.1, 0.15) is 61.7 Å². The van der Waals surface area contributed by atoms with Crippen LogP contribution in [-0.4, -0.2) is 36.9 Å². The monoisotopic (exact) mass is 509 g/mol. The number of likely N-dealkylation sites (tertiary alicyclic amines) is 1. The molecule has 37 heavy (non-hydrogen) atoms. The summed E-state index contributed by atoms with van der Waals surface area (Å²) in [5, 5.41) is 5.98. The zero-order valence-electron chi connectivity index (χ0n) is 20.9. The van der Waals surface area contributed by atoms with Crippen LogP contribution >= 0.6 is 0 Å². The van der Waals surface area contributed by atoms with E-state index in [-0.39, 0.29) is 17.7 Å². The second kappa shape index (κ2) is 11.2. The standard InChI is InChI=1S/C29H30F3N3O2/c1-19-3-6-24(17-26(19)34-27(36)23-7-4-20(5-8-23)18-33-2)28(37)35-15-13-22(14-16-35)21-9-11-25(12-10-21)29(30,31)32/h3-12,17,22,33H,13-16,18H2,1-2H3,(H,34,36). The van der Waals surface area contributed by atoms with Gasteiger partial charge in [0.05, 0.1) is 5.56 Å². The molecule has 194 valence electrons. The second-order valence-corrected chi connectivity index (χ2v) is 9.40. The van der Waals surface area contributed by atoms with Crippen LogP contribution in [0.4, 0.5) is 18.9 Å². The van der Waals surface area contributed by atoms with Crippen molar-refractivity contribution in [3.05, 3.63) is 100 Å². The van der Waals surface area contributed by atoms with Gasteiger partial charge in [-0.15, -0.1) is 0 Å². The first kappa shape index (κ1) is 26.4. The Morgan fingerprint density at radius 3 is 2.14 bits per heavy atom. The van der Waals surface area contributed by atoms with E-state index < -0.39 is 11.7 Å². The van der Waals surface area contributed by atoms with Crippen molar-refractivity contribution in [3.8, 4) is 0 Å². The molecule has 3 aromatic rings. The number of hydrogen-bond acceptors (Lipinski definition) is 3. The average molecular weight is 510 g/mol. The molecule has 0 radical (unpaired) electrons. The Morgan fingerprint density at radius 1 is 0.919 bits per heavy atom. The molecule has 0 bridgehead atoms. The Labute approximate surface area is 214 Å². The molecule has 1 aliphatic rings. The van der Waals surface area contributed by atoms with Crippen molar-refractivity contribution in [1.29, 1.82) is 0 Å². The quantitative estimate of drug-likeness (QED) is 0.428. The highest BCUT2D eigenvalue weighted by Gasteiger charge is 2.31. The predicted molar refractivity (Wildman–Crippen MR) is 138 cm³/mol. The van der Waals surface area contributed by atoms with Crippen LogP contribution < -0.4 is 10.6 Å². The fourth-order valence-corrected chi connectivity index (χ4v) is 4.61. The van der Waals surface area contributed by atoms with Gasteiger partial charge in [-0.25, -0.2) is 0 Å². The molecule has 0 aromatic heterocycles. The van der Waals surface area contributed by atoms with Crippen molar-refractivity contribution in [2.24, 2.45) is 0 Å². The fraction of sp³-hybridized carbons (Fsp3) is 0.310. The number of anilines is 1. The number of piperidine rings is 1. The highest BCUT2D eigenvalue weighted by molar-refractivity contribution is 6.05. The zero-order valence-corrected chi connectivity index (χ0v) is 20.9. The SMILES string of the molecule is CNCc1ccc(C(=O)Nc2cc(C(=O)N3CCC(c4ccc(C(F)(F)F)cc4)CC3)ccc2C)cc1. The number of alkyl halides is 3. The fourth-order valence-electron chi connectivity index (χ4n) is 4.61. The highest BCUT2D eigenvalue weighted by atomic mass is 19.4. The lowest BCUT2D eigenvalue weighted by molar-refractivity contribution is -0.137. The van der Waals surface area contributed by atoms with Gasteiger partial charge in [-0.2, -0.15) is 13.2 Å². The van der Waals surface area contributed by atoms with Crippen LogP contribution in [0.25, 0.3) is 0 Å². The molecule has 0 atom stereocenters. The maximum absolute atomic E-state index is 13.2. The molecular formula is C29H30F3N3O2. The molecule has 0 unspecified atom stereocenters. The summed E-state index contributed by atoms with van der Waals surface area (Å²) in [6.45, 7) is 3.61. The average Bonchev–Trinajstić information content (AvgIpc) is 2.90. The van der Waals surface area contributed by atoms with Gasteiger partial charge in [-0.1, -0.05) is 30.3 Å². The van der Waals surface area contributed by atoms with Gasteiger partial charge in [0.2, 0.25) is 0 Å². The topological polar surface area (TPSA) is 61.4 Å². The van der Waals surface area contributed by atoms with E-state index in [0.717, 1.165) is 28.8 Å². The Morgan fingerprint density at radius 2 is 1.54 bits per heavy atom. The van der Waals surface area contributed by atoms with Crippen LogP contribution in [0.5, 0.6) is 0 Å². The number of aryl methyl sites for hydroxylation is 1. The molecule has 8 heteroatoms. The second-order valence-electron chi connectivity index (χ2n) is 9.40. The molecule has 4 rings (SSSR count). The van der Waals surface area contributed by atoms with E-state index in [1.807, 2.05) is 32.2 Å². The minimum absolute atomic E-state index is 0.110. The summed E-state index contributed by atoms with van der Waals surface area (Å²) in [5.41, 5.74) is 3.72. The predicted octanol–water partition coefficient (Wildman–Crippen LogP) is 6.01. The molecule has 2 amide bonds. The van der Waals surface area contributed by atoms with Gasteiger partial charge in [0.15, 0.2) is 0 Å². The summed E-state index contributed by atoms with van der Waals surface area (Å²) in [7, 11) is 1.86. The number of amides is 2. The molecule has 3 aromatic carbocycles. The summed E-state index contributed by atoms with van der Waals surface area (Å²) in [4.78, 5) is 27.7. The minimum Gasteiger partial charge on any atom is -0.339 e. The van der Waals surface area contributed by atoms with Gasteiger partial charge >= 0.3 is 6.18 Å². The van der Waals surface area contributed by atoms with Crippen molar-refractivity contribution in [2.75, 3.05) is 25.5 Å². The van der Waals surface area contributed by atoms with Crippen LogP contribution in [0.15, 0.2) is 66.7 Å². The number of benzene rings is 3. The molecule has 0 saturated carbocycles. The Kier molecular flexibility index (Phi) is 7.97. The smallest absolute Gasteiger partial charge is 0.339 e. The number of carbonyl (C=O) groups is 2. The third-order valence-corrected chi connectivity index (χ3v) is 6.82. The van der Waals surface area contributed by atoms with E-state index in [9.17, 15) is 22.8 Å². The normalized spacial score (nSPS) is 14.5. The molecule has 1 fully saturated rings. The number of nitrogens with one attached hydrogen (secondary N) is 2. The van der Waals surface area contributed by atoms with Crippen LogP contribution in [-0.2, 0) is 12.7 Å². The van der Waals surface area contributed by atoms with E-state index in [0.29, 0.717) is 49.3 Å². The molecule has 1 heterocycles. The number of carbonyl (C=O) groups excluding carboxylic acids is 2. The number of nitrogens with zero attached hydrogens (tertiary/aromatic N) is 1. The Balaban J connectivity index is 1.38. The maximum atomic E-state index is 13.2. The van der Waals surface area contributed by atoms with E-state index in [4.69, 9.17) is 0 Å². The first-order valence-corrected chi connectivity index (χ1v) is 12.3. The third kappa shape index (κ3) is 6.38. The molecule has 0 spiro atoms. The summed E-state index contributed by atoms with van der Waals surface area (Å²) < 4.78 is 38.5. The zero-order chi connectivity index (χ0) is 26.6. The van der Waals surface area contributed by atoms with E-state index in [1.54, 1.807) is 29.2 Å². The van der Waals surface area contributed by atoms with Crippen molar-refractivity contribution >= 4 is 17.5 Å². The van der Waals surface area contributed by atoms with Gasteiger partial charge in [0, 0.05) is 36.4 Å². The molecule has 1 saturated heterocycles. The third-order valence-electron chi connectivity index (χ3n) is 6.82. The molecule has 0 aliphatic carbocycles. The van der Waals surface area contributed by atoms with E-state index >= 15 is 0 Å². The van der Waals surface area contributed by atoms with Gasteiger partial charge in [-0.05, 0) is 85.8 Å². The lowest BCUT2D eigenvalue weighted by Crippen LogP contribution is -2.38. The molecular weight excluding hydrogens is 479 g/mol. The number of halogens is 3.